The molecular formula is C11H16N4O2. The van der Waals surface area contributed by atoms with Crippen molar-refractivity contribution in [2.45, 2.75) is 44.2 Å². The Kier molecular flexibility index (Phi) is 2.58. The van der Waals surface area contributed by atoms with Gasteiger partial charge in [-0.25, -0.2) is 4.98 Å². The van der Waals surface area contributed by atoms with Gasteiger partial charge in [0.1, 0.15) is 5.82 Å². The number of ether oxygens (including phenoxy) is 1. The molecule has 2 atom stereocenters. The zero-order valence-corrected chi connectivity index (χ0v) is 9.77. The Morgan fingerprint density at radius 3 is 2.94 bits per heavy atom. The molecule has 1 amide bonds. The fraction of sp³-hybridized carbons (Fsp3) is 0.727. The van der Waals surface area contributed by atoms with E-state index >= 15 is 0 Å². The molecule has 92 valence electrons. The highest BCUT2D eigenvalue weighted by atomic mass is 16.5. The Labute approximate surface area is 99.1 Å². The van der Waals surface area contributed by atoms with Crippen LogP contribution in [0.1, 0.15) is 48.5 Å². The van der Waals surface area contributed by atoms with Gasteiger partial charge in [0.05, 0.1) is 12.1 Å². The van der Waals surface area contributed by atoms with E-state index in [0.29, 0.717) is 12.5 Å². The molecule has 0 radical (unpaired) electrons. The Balaban J connectivity index is 1.64. The number of hydrogen-bond donors (Lipinski definition) is 2. The predicted octanol–water partition coefficient (Wildman–Crippen LogP) is 0.589. The lowest BCUT2D eigenvalue weighted by atomic mass is 10.1. The van der Waals surface area contributed by atoms with Crippen LogP contribution in [0.3, 0.4) is 0 Å². The van der Waals surface area contributed by atoms with Gasteiger partial charge in [-0.3, -0.25) is 9.89 Å². The second-order valence-corrected chi connectivity index (χ2v) is 4.76. The maximum Gasteiger partial charge on any atom is 0.291 e. The number of rotatable bonds is 3. The van der Waals surface area contributed by atoms with Gasteiger partial charge >= 0.3 is 0 Å². The van der Waals surface area contributed by atoms with Gasteiger partial charge < -0.3 is 10.1 Å². The van der Waals surface area contributed by atoms with Crippen LogP contribution in [0.2, 0.25) is 0 Å². The van der Waals surface area contributed by atoms with E-state index in [1.54, 1.807) is 0 Å². The zero-order valence-electron chi connectivity index (χ0n) is 9.77. The molecule has 6 heteroatoms. The van der Waals surface area contributed by atoms with E-state index in [1.807, 2.05) is 6.92 Å². The van der Waals surface area contributed by atoms with Gasteiger partial charge in [0.2, 0.25) is 5.82 Å². The summed E-state index contributed by atoms with van der Waals surface area (Å²) in [7, 11) is 0. The lowest BCUT2D eigenvalue weighted by Crippen LogP contribution is -2.39. The Morgan fingerprint density at radius 1 is 1.47 bits per heavy atom. The first-order chi connectivity index (χ1) is 8.24. The van der Waals surface area contributed by atoms with E-state index < -0.39 is 0 Å². The Bertz CT molecular complexity index is 427. The van der Waals surface area contributed by atoms with Crippen LogP contribution in [-0.2, 0) is 4.74 Å². The van der Waals surface area contributed by atoms with Crippen molar-refractivity contribution in [3.63, 3.8) is 0 Å². The third-order valence-electron chi connectivity index (χ3n) is 3.36. The number of nitrogens with one attached hydrogen (secondary N) is 2. The number of H-pyrrole nitrogens is 1. The molecule has 0 bridgehead atoms. The highest BCUT2D eigenvalue weighted by Gasteiger charge is 2.30. The topological polar surface area (TPSA) is 79.9 Å². The third kappa shape index (κ3) is 2.17. The van der Waals surface area contributed by atoms with Crippen molar-refractivity contribution in [2.75, 3.05) is 6.61 Å². The van der Waals surface area contributed by atoms with Crippen LogP contribution in [0.15, 0.2) is 0 Å². The van der Waals surface area contributed by atoms with Crippen LogP contribution in [0.4, 0.5) is 0 Å². The largest absolute Gasteiger partial charge is 0.376 e. The molecule has 2 fully saturated rings. The minimum absolute atomic E-state index is 0.0702. The molecule has 17 heavy (non-hydrogen) atoms. The van der Waals surface area contributed by atoms with Crippen molar-refractivity contribution in [1.29, 1.82) is 0 Å². The first kappa shape index (κ1) is 10.7. The van der Waals surface area contributed by atoms with E-state index in [2.05, 4.69) is 20.5 Å². The van der Waals surface area contributed by atoms with E-state index in [1.165, 1.54) is 0 Å². The predicted molar refractivity (Wildman–Crippen MR) is 59.6 cm³/mol. The molecule has 6 nitrogen and oxygen atoms in total. The molecule has 2 unspecified atom stereocenters. The maximum absolute atomic E-state index is 11.9. The number of aromatic amines is 1. The molecule has 1 aromatic rings. The summed E-state index contributed by atoms with van der Waals surface area (Å²) >= 11 is 0. The van der Waals surface area contributed by atoms with Crippen LogP contribution in [0.5, 0.6) is 0 Å². The molecule has 1 aliphatic carbocycles. The summed E-state index contributed by atoms with van der Waals surface area (Å²) in [4.78, 5) is 16.1. The van der Waals surface area contributed by atoms with Crippen molar-refractivity contribution in [2.24, 2.45) is 0 Å². The van der Waals surface area contributed by atoms with Crippen molar-refractivity contribution in [3.8, 4) is 0 Å². The lowest BCUT2D eigenvalue weighted by molar-refractivity contribution is 0.0857. The first-order valence-electron chi connectivity index (χ1n) is 6.09. The van der Waals surface area contributed by atoms with E-state index in [0.717, 1.165) is 25.1 Å². The number of amides is 1. The third-order valence-corrected chi connectivity index (χ3v) is 3.36. The van der Waals surface area contributed by atoms with Crippen LogP contribution in [0, 0.1) is 0 Å². The van der Waals surface area contributed by atoms with Gasteiger partial charge in [-0.15, -0.1) is 5.10 Å². The molecular weight excluding hydrogens is 220 g/mol. The second kappa shape index (κ2) is 4.10. The van der Waals surface area contributed by atoms with Gasteiger partial charge in [-0.1, -0.05) is 0 Å². The SMILES string of the molecule is CC1OCCC1NC(=O)c1n[nH]c(C2CC2)n1. The maximum atomic E-state index is 11.9. The zero-order chi connectivity index (χ0) is 11.8. The van der Waals surface area contributed by atoms with Crippen molar-refractivity contribution < 1.29 is 9.53 Å². The van der Waals surface area contributed by atoms with Crippen LogP contribution >= 0.6 is 0 Å². The molecule has 1 aliphatic heterocycles. The van der Waals surface area contributed by atoms with Crippen LogP contribution in [0.25, 0.3) is 0 Å². The van der Waals surface area contributed by atoms with E-state index in [9.17, 15) is 4.79 Å². The molecule has 1 saturated heterocycles. The normalized spacial score (nSPS) is 28.3. The average Bonchev–Trinajstić information content (AvgIpc) is 2.91. The summed E-state index contributed by atoms with van der Waals surface area (Å²) in [6, 6.07) is 0.0744. The van der Waals surface area contributed by atoms with E-state index in [-0.39, 0.29) is 23.9 Å². The molecule has 3 rings (SSSR count). The molecule has 0 aromatic carbocycles. The highest BCUT2D eigenvalue weighted by Crippen LogP contribution is 2.37. The molecule has 1 aromatic heterocycles. The minimum atomic E-state index is -0.212. The fourth-order valence-electron chi connectivity index (χ4n) is 2.07. The van der Waals surface area contributed by atoms with E-state index in [4.69, 9.17) is 4.74 Å². The summed E-state index contributed by atoms with van der Waals surface area (Å²) in [5.74, 6) is 1.35. The molecule has 2 N–H and O–H groups in total. The van der Waals surface area contributed by atoms with Crippen molar-refractivity contribution in [3.05, 3.63) is 11.6 Å². The van der Waals surface area contributed by atoms with Gasteiger partial charge in [-0.05, 0) is 26.2 Å². The summed E-state index contributed by atoms with van der Waals surface area (Å²) in [6.45, 7) is 2.67. The van der Waals surface area contributed by atoms with Crippen molar-refractivity contribution >= 4 is 5.91 Å². The summed E-state index contributed by atoms with van der Waals surface area (Å²) in [6.07, 6.45) is 3.21. The monoisotopic (exact) mass is 236 g/mol. The molecule has 2 heterocycles. The standard InChI is InChI=1S/C11H16N4O2/c1-6-8(4-5-17-6)12-11(16)10-13-9(14-15-10)7-2-3-7/h6-8H,2-5H2,1H3,(H,12,16)(H,13,14,15). The van der Waals surface area contributed by atoms with Gasteiger partial charge in [0.15, 0.2) is 0 Å². The van der Waals surface area contributed by atoms with Gasteiger partial charge in [0.25, 0.3) is 5.91 Å². The fourth-order valence-corrected chi connectivity index (χ4v) is 2.07. The lowest BCUT2D eigenvalue weighted by Gasteiger charge is -2.14. The quantitative estimate of drug-likeness (QED) is 0.805. The first-order valence-corrected chi connectivity index (χ1v) is 6.09. The molecule has 0 spiro atoms. The highest BCUT2D eigenvalue weighted by molar-refractivity contribution is 5.90. The summed E-state index contributed by atoms with van der Waals surface area (Å²) < 4.78 is 5.39. The molecule has 2 aliphatic rings. The average molecular weight is 236 g/mol. The number of carbonyl (C=O) groups is 1. The number of hydrogen-bond acceptors (Lipinski definition) is 4. The summed E-state index contributed by atoms with van der Waals surface area (Å²) in [5, 5.41) is 9.70. The number of aromatic nitrogens is 3. The summed E-state index contributed by atoms with van der Waals surface area (Å²) in [5.41, 5.74) is 0. The number of nitrogens with zero attached hydrogens (tertiary/aromatic N) is 2. The van der Waals surface area contributed by atoms with Crippen LogP contribution in [-0.4, -0.2) is 39.8 Å². The Hall–Kier alpha value is -1.43. The Morgan fingerprint density at radius 2 is 2.29 bits per heavy atom. The molecule has 1 saturated carbocycles. The smallest absolute Gasteiger partial charge is 0.291 e. The van der Waals surface area contributed by atoms with Gasteiger partial charge in [-0.2, -0.15) is 0 Å². The van der Waals surface area contributed by atoms with Gasteiger partial charge in [0, 0.05) is 12.5 Å². The van der Waals surface area contributed by atoms with Crippen LogP contribution < -0.4 is 5.32 Å². The van der Waals surface area contributed by atoms with Crippen molar-refractivity contribution in [1.82, 2.24) is 20.5 Å². The minimum Gasteiger partial charge on any atom is -0.376 e. The number of carbonyl (C=O) groups excluding carboxylic acids is 1. The second-order valence-electron chi connectivity index (χ2n) is 4.76.